The fraction of sp³-hybridized carbons (Fsp3) is 0.429. The number of nitrogens with zero attached hydrogens (tertiary/aromatic N) is 4. The van der Waals surface area contributed by atoms with Gasteiger partial charge < -0.3 is 19.7 Å². The van der Waals surface area contributed by atoms with Crippen LogP contribution in [0.3, 0.4) is 0 Å². The second-order valence-electron chi connectivity index (χ2n) is 13.7. The van der Waals surface area contributed by atoms with E-state index < -0.39 is 39.0 Å². The van der Waals surface area contributed by atoms with E-state index in [2.05, 4.69) is 20.0 Å². The molecule has 0 spiro atoms. The Morgan fingerprint density at radius 1 is 1.06 bits per heavy atom. The summed E-state index contributed by atoms with van der Waals surface area (Å²) >= 11 is 0. The molecule has 266 valence electrons. The lowest BCUT2D eigenvalue weighted by atomic mass is 9.82. The fourth-order valence-corrected chi connectivity index (χ4v) is 7.59. The van der Waals surface area contributed by atoms with Crippen LogP contribution in [0.4, 0.5) is 29.6 Å². The van der Waals surface area contributed by atoms with Gasteiger partial charge in [0.2, 0.25) is 21.9 Å². The Bertz CT molecular complexity index is 2020. The number of halogens is 3. The number of sulfonamides is 1. The maximum Gasteiger partial charge on any atom is 0.410 e. The molecule has 1 aliphatic heterocycles. The Balaban J connectivity index is 1.25. The van der Waals surface area contributed by atoms with E-state index in [9.17, 15) is 22.0 Å². The van der Waals surface area contributed by atoms with Crippen molar-refractivity contribution in [3.63, 3.8) is 0 Å². The molecule has 4 aromatic rings. The summed E-state index contributed by atoms with van der Waals surface area (Å²) in [6.07, 6.45) is 4.07. The first-order valence-electron chi connectivity index (χ1n) is 16.4. The third kappa shape index (κ3) is 7.87. The number of hydrogen-bond acceptors (Lipinski definition) is 9. The van der Waals surface area contributed by atoms with E-state index in [1.807, 2.05) is 20.8 Å². The minimum Gasteiger partial charge on any atom is -0.444 e. The lowest BCUT2D eigenvalue weighted by molar-refractivity contribution is -0.122. The third-order valence-electron chi connectivity index (χ3n) is 8.71. The van der Waals surface area contributed by atoms with Crippen LogP contribution in [0.2, 0.25) is 0 Å². The number of amides is 1. The molecule has 6 rings (SSSR count). The first-order valence-corrected chi connectivity index (χ1v) is 18.0. The molecule has 2 N–H and O–H groups in total. The summed E-state index contributed by atoms with van der Waals surface area (Å²) in [5.74, 6) is -5.24. The molecule has 1 saturated heterocycles. The number of alkyl halides is 2. The van der Waals surface area contributed by atoms with Crippen LogP contribution in [0, 0.1) is 18.7 Å². The van der Waals surface area contributed by atoms with E-state index in [1.54, 1.807) is 54.5 Å². The average molecular weight is 713 g/mol. The number of aromatic nitrogens is 3. The summed E-state index contributed by atoms with van der Waals surface area (Å²) in [4.78, 5) is 27.9. The maximum absolute atomic E-state index is 15.1. The molecule has 1 aliphatic carbocycles. The van der Waals surface area contributed by atoms with Crippen molar-refractivity contribution in [3.8, 4) is 22.9 Å². The zero-order valence-corrected chi connectivity index (χ0v) is 29.0. The molecule has 2 aromatic carbocycles. The van der Waals surface area contributed by atoms with Crippen LogP contribution >= 0.6 is 0 Å². The van der Waals surface area contributed by atoms with E-state index in [-0.39, 0.29) is 41.9 Å². The van der Waals surface area contributed by atoms with Crippen molar-refractivity contribution in [1.82, 2.24) is 19.9 Å². The molecule has 50 heavy (non-hydrogen) atoms. The number of carbonyl (C=O) groups excluding carboxylic acids is 1. The molecule has 11 nitrogen and oxygen atoms in total. The molecule has 2 aromatic heterocycles. The van der Waals surface area contributed by atoms with E-state index in [1.165, 1.54) is 6.07 Å². The predicted octanol–water partition coefficient (Wildman–Crippen LogP) is 7.53. The van der Waals surface area contributed by atoms with Gasteiger partial charge in [0.05, 0.1) is 22.7 Å². The number of nitrogens with one attached hydrogen (secondary N) is 2. The topological polar surface area (TPSA) is 136 Å². The Morgan fingerprint density at radius 2 is 1.84 bits per heavy atom. The van der Waals surface area contributed by atoms with Gasteiger partial charge in [0.25, 0.3) is 5.92 Å². The minimum atomic E-state index is -4.30. The van der Waals surface area contributed by atoms with E-state index in [0.29, 0.717) is 47.0 Å². The van der Waals surface area contributed by atoms with Gasteiger partial charge >= 0.3 is 6.09 Å². The normalized spacial score (nSPS) is 19.1. The summed E-state index contributed by atoms with van der Waals surface area (Å²) in [5.41, 5.74) is 0.723. The molecule has 2 atom stereocenters. The molecule has 2 aliphatic rings. The van der Waals surface area contributed by atoms with Crippen LogP contribution in [0.15, 0.2) is 54.9 Å². The highest BCUT2D eigenvalue weighted by atomic mass is 32.2. The quantitative estimate of drug-likeness (QED) is 0.181. The number of anilines is 2. The fourth-order valence-electron chi connectivity index (χ4n) is 6.05. The van der Waals surface area contributed by atoms with Crippen LogP contribution in [0.5, 0.6) is 11.6 Å². The summed E-state index contributed by atoms with van der Waals surface area (Å²) in [6, 6.07) is 10.9. The SMILES string of the molecule is Cc1ccc2c(NS(=O)(=O)C[C@@H]3CCC3(F)F)c(F)ccc2c1Oc1ncccc1-c1ccnc(NC2CCCN(C(=O)OC(C)(C)C)C2)n1. The Labute approximate surface area is 288 Å². The smallest absolute Gasteiger partial charge is 0.410 e. The van der Waals surface area contributed by atoms with E-state index in [4.69, 9.17) is 14.5 Å². The first-order chi connectivity index (χ1) is 23.6. The molecule has 1 unspecified atom stereocenters. The second-order valence-corrected chi connectivity index (χ2v) is 15.5. The van der Waals surface area contributed by atoms with Gasteiger partial charge in [0.1, 0.15) is 17.2 Å². The van der Waals surface area contributed by atoms with E-state index >= 15 is 4.39 Å². The number of hydrogen-bond donors (Lipinski definition) is 2. The molecule has 0 radical (unpaired) electrons. The molecule has 1 saturated carbocycles. The van der Waals surface area contributed by atoms with Gasteiger partial charge in [-0.15, -0.1) is 0 Å². The number of piperidine rings is 1. The van der Waals surface area contributed by atoms with Gasteiger partial charge in [-0.1, -0.05) is 12.1 Å². The summed E-state index contributed by atoms with van der Waals surface area (Å²) in [5, 5.41) is 3.90. The highest BCUT2D eigenvalue weighted by Gasteiger charge is 2.50. The monoisotopic (exact) mass is 712 g/mol. The van der Waals surface area contributed by atoms with Crippen molar-refractivity contribution in [2.24, 2.45) is 5.92 Å². The Hall–Kier alpha value is -4.66. The number of aryl methyl sites for hydroxylation is 1. The summed E-state index contributed by atoms with van der Waals surface area (Å²) in [7, 11) is -4.30. The zero-order chi connectivity index (χ0) is 35.8. The van der Waals surface area contributed by atoms with Crippen LogP contribution < -0.4 is 14.8 Å². The standard InChI is InChI=1S/C35H39F3N6O5S/c1-21-9-10-24-25(11-12-27(36)29(24)43-50(46,47)20-22-13-15-35(22,37)38)30(21)48-31-26(8-5-16-39-31)28-14-17-40-32(42-28)41-23-7-6-18-44(19-23)33(45)49-34(2,3)4/h5,8-12,14,16-17,22-23,43H,6-7,13,15,18-20H2,1-4H3,(H,40,41,42)/t22-,23?/m0/s1. The zero-order valence-electron chi connectivity index (χ0n) is 28.2. The molecule has 15 heteroatoms. The second kappa shape index (κ2) is 13.6. The number of pyridine rings is 1. The number of benzene rings is 2. The van der Waals surface area contributed by atoms with Gasteiger partial charge in [-0.2, -0.15) is 0 Å². The molecule has 0 bridgehead atoms. The maximum atomic E-state index is 15.1. The number of ether oxygens (including phenoxy) is 2. The van der Waals surface area contributed by atoms with Gasteiger partial charge in [-0.3, -0.25) is 4.72 Å². The van der Waals surface area contributed by atoms with Crippen LogP contribution in [0.25, 0.3) is 22.0 Å². The summed E-state index contributed by atoms with van der Waals surface area (Å²) < 4.78 is 82.8. The highest BCUT2D eigenvalue weighted by molar-refractivity contribution is 7.92. The van der Waals surface area contributed by atoms with Crippen molar-refractivity contribution in [2.45, 2.75) is 70.9 Å². The van der Waals surface area contributed by atoms with Crippen molar-refractivity contribution >= 4 is 38.5 Å². The van der Waals surface area contributed by atoms with Gasteiger partial charge in [0, 0.05) is 54.6 Å². The van der Waals surface area contributed by atoms with Crippen molar-refractivity contribution < 1.29 is 35.9 Å². The lowest BCUT2D eigenvalue weighted by Crippen LogP contribution is -2.47. The Morgan fingerprint density at radius 3 is 2.56 bits per heavy atom. The Kier molecular flexibility index (Phi) is 9.55. The van der Waals surface area contributed by atoms with Crippen LogP contribution in [-0.2, 0) is 14.8 Å². The van der Waals surface area contributed by atoms with Gasteiger partial charge in [-0.25, -0.2) is 41.3 Å². The highest BCUT2D eigenvalue weighted by Crippen LogP contribution is 2.45. The lowest BCUT2D eigenvalue weighted by Gasteiger charge is -2.35. The molecular weight excluding hydrogens is 673 g/mol. The third-order valence-corrected chi connectivity index (χ3v) is 10.1. The average Bonchev–Trinajstić information content (AvgIpc) is 3.05. The number of fused-ring (bicyclic) bond motifs is 1. The number of carbonyl (C=O) groups is 1. The predicted molar refractivity (Wildman–Crippen MR) is 184 cm³/mol. The van der Waals surface area contributed by atoms with E-state index in [0.717, 1.165) is 18.9 Å². The number of rotatable bonds is 9. The molecule has 3 heterocycles. The minimum absolute atomic E-state index is 0.0761. The van der Waals surface area contributed by atoms with Crippen molar-refractivity contribution in [1.29, 1.82) is 0 Å². The van der Waals surface area contributed by atoms with Crippen LogP contribution in [0.1, 0.15) is 52.0 Å². The van der Waals surface area contributed by atoms with Crippen LogP contribution in [-0.4, -0.2) is 70.8 Å². The molecule has 2 fully saturated rings. The van der Waals surface area contributed by atoms with Crippen molar-refractivity contribution in [3.05, 3.63) is 66.2 Å². The van der Waals surface area contributed by atoms with Gasteiger partial charge in [0.15, 0.2) is 0 Å². The molecule has 1 amide bonds. The molecular formula is C35H39F3N6O5S. The largest absolute Gasteiger partial charge is 0.444 e. The van der Waals surface area contributed by atoms with Crippen molar-refractivity contribution in [2.75, 3.05) is 28.9 Å². The number of likely N-dealkylation sites (tertiary alicyclic amines) is 1. The summed E-state index contributed by atoms with van der Waals surface area (Å²) in [6.45, 7) is 8.28. The van der Waals surface area contributed by atoms with Gasteiger partial charge in [-0.05, 0) is 82.9 Å². The first kappa shape index (κ1) is 35.2.